The lowest BCUT2D eigenvalue weighted by Gasteiger charge is -2.17. The second-order valence-corrected chi connectivity index (χ2v) is 5.30. The quantitative estimate of drug-likeness (QED) is 0.881. The molecule has 0 spiro atoms. The van der Waals surface area contributed by atoms with Crippen molar-refractivity contribution < 1.29 is 4.79 Å². The Kier molecular flexibility index (Phi) is 4.05. The Hall–Kier alpha value is -1.03. The Labute approximate surface area is 110 Å². The van der Waals surface area contributed by atoms with Gasteiger partial charge in [-0.25, -0.2) is 0 Å². The normalized spacial score (nSPS) is 20.6. The molecule has 1 aliphatic heterocycles. The Morgan fingerprint density at radius 2 is 2.24 bits per heavy atom. The summed E-state index contributed by atoms with van der Waals surface area (Å²) in [4.78, 5) is 11.8. The lowest BCUT2D eigenvalue weighted by Crippen LogP contribution is -2.37. The molecule has 1 heterocycles. The van der Waals surface area contributed by atoms with E-state index < -0.39 is 0 Å². The van der Waals surface area contributed by atoms with Crippen LogP contribution in [0.5, 0.6) is 0 Å². The van der Waals surface area contributed by atoms with Gasteiger partial charge in [-0.05, 0) is 43.9 Å². The zero-order valence-corrected chi connectivity index (χ0v) is 11.5. The van der Waals surface area contributed by atoms with Gasteiger partial charge in [-0.2, -0.15) is 0 Å². The van der Waals surface area contributed by atoms with E-state index in [2.05, 4.69) is 26.6 Å². The summed E-state index contributed by atoms with van der Waals surface area (Å²) in [5, 5.41) is 6.22. The lowest BCUT2D eigenvalue weighted by molar-refractivity contribution is -0.121. The number of carbonyl (C=O) groups excluding carboxylic acids is 1. The third-order valence-corrected chi connectivity index (χ3v) is 3.90. The van der Waals surface area contributed by atoms with E-state index >= 15 is 0 Å². The number of anilines is 1. The lowest BCUT2D eigenvalue weighted by atomic mass is 10.1. The molecular weight excluding hydrogens is 280 g/mol. The largest absolute Gasteiger partial charge is 0.374 e. The SMILES string of the molecule is Cc1ccc(NC2CCCCNC2=O)cc1Br. The van der Waals surface area contributed by atoms with Crippen LogP contribution in [0.2, 0.25) is 0 Å². The summed E-state index contributed by atoms with van der Waals surface area (Å²) in [6, 6.07) is 5.97. The van der Waals surface area contributed by atoms with Crippen molar-refractivity contribution in [2.75, 3.05) is 11.9 Å². The molecule has 1 aromatic rings. The third kappa shape index (κ3) is 3.22. The van der Waals surface area contributed by atoms with Crippen molar-refractivity contribution in [3.8, 4) is 0 Å². The van der Waals surface area contributed by atoms with Crippen molar-refractivity contribution in [1.82, 2.24) is 5.32 Å². The van der Waals surface area contributed by atoms with Gasteiger partial charge in [0.2, 0.25) is 5.91 Å². The molecule has 2 rings (SSSR count). The van der Waals surface area contributed by atoms with Crippen molar-refractivity contribution in [3.05, 3.63) is 28.2 Å². The molecule has 4 heteroatoms. The molecule has 0 radical (unpaired) electrons. The maximum atomic E-state index is 11.8. The van der Waals surface area contributed by atoms with Crippen molar-refractivity contribution in [3.63, 3.8) is 0 Å². The van der Waals surface area contributed by atoms with Gasteiger partial charge in [-0.15, -0.1) is 0 Å². The molecule has 1 fully saturated rings. The first-order chi connectivity index (χ1) is 8.16. The maximum Gasteiger partial charge on any atom is 0.242 e. The van der Waals surface area contributed by atoms with Gasteiger partial charge in [-0.3, -0.25) is 4.79 Å². The van der Waals surface area contributed by atoms with E-state index in [1.807, 2.05) is 25.1 Å². The van der Waals surface area contributed by atoms with E-state index in [4.69, 9.17) is 0 Å². The van der Waals surface area contributed by atoms with E-state index in [1.165, 1.54) is 5.56 Å². The van der Waals surface area contributed by atoms with E-state index in [9.17, 15) is 4.79 Å². The average molecular weight is 297 g/mol. The Morgan fingerprint density at radius 3 is 3.00 bits per heavy atom. The summed E-state index contributed by atoms with van der Waals surface area (Å²) in [5.41, 5.74) is 2.19. The zero-order chi connectivity index (χ0) is 12.3. The molecule has 1 aliphatic rings. The first kappa shape index (κ1) is 12.4. The first-order valence-corrected chi connectivity index (χ1v) is 6.76. The van der Waals surface area contributed by atoms with Crippen LogP contribution in [-0.4, -0.2) is 18.5 Å². The number of carbonyl (C=O) groups is 1. The van der Waals surface area contributed by atoms with Crippen LogP contribution in [0.15, 0.2) is 22.7 Å². The van der Waals surface area contributed by atoms with E-state index in [-0.39, 0.29) is 11.9 Å². The van der Waals surface area contributed by atoms with Gasteiger partial charge in [-0.1, -0.05) is 22.0 Å². The molecule has 3 nitrogen and oxygen atoms in total. The fourth-order valence-electron chi connectivity index (χ4n) is 1.96. The van der Waals surface area contributed by atoms with Crippen molar-refractivity contribution in [2.24, 2.45) is 0 Å². The summed E-state index contributed by atoms with van der Waals surface area (Å²) in [6.45, 7) is 2.85. The molecule has 0 bridgehead atoms. The van der Waals surface area contributed by atoms with Crippen LogP contribution >= 0.6 is 15.9 Å². The average Bonchev–Trinajstić information content (AvgIpc) is 2.50. The summed E-state index contributed by atoms with van der Waals surface area (Å²) < 4.78 is 1.07. The van der Waals surface area contributed by atoms with Gasteiger partial charge in [0.25, 0.3) is 0 Å². The molecule has 1 atom stereocenters. The van der Waals surface area contributed by atoms with Crippen LogP contribution in [0.3, 0.4) is 0 Å². The summed E-state index contributed by atoms with van der Waals surface area (Å²) in [6.07, 6.45) is 3.06. The minimum atomic E-state index is -0.105. The number of nitrogens with one attached hydrogen (secondary N) is 2. The standard InChI is InChI=1S/C13H17BrN2O/c1-9-5-6-10(8-11(9)14)16-12-4-2-3-7-15-13(12)17/h5-6,8,12,16H,2-4,7H2,1H3,(H,15,17). The van der Waals surface area contributed by atoms with Gasteiger partial charge >= 0.3 is 0 Å². The molecule has 1 unspecified atom stereocenters. The number of amides is 1. The van der Waals surface area contributed by atoms with Crippen LogP contribution in [0, 0.1) is 6.92 Å². The number of halogens is 1. The van der Waals surface area contributed by atoms with Crippen molar-refractivity contribution in [1.29, 1.82) is 0 Å². The monoisotopic (exact) mass is 296 g/mol. The smallest absolute Gasteiger partial charge is 0.242 e. The van der Waals surface area contributed by atoms with Gasteiger partial charge in [0.1, 0.15) is 6.04 Å². The van der Waals surface area contributed by atoms with E-state index in [1.54, 1.807) is 0 Å². The van der Waals surface area contributed by atoms with Gasteiger partial charge < -0.3 is 10.6 Å². The highest BCUT2D eigenvalue weighted by atomic mass is 79.9. The number of rotatable bonds is 2. The summed E-state index contributed by atoms with van der Waals surface area (Å²) >= 11 is 3.50. The van der Waals surface area contributed by atoms with Gasteiger partial charge in [0, 0.05) is 16.7 Å². The molecule has 1 aromatic carbocycles. The fraction of sp³-hybridized carbons (Fsp3) is 0.462. The van der Waals surface area contributed by atoms with E-state index in [0.29, 0.717) is 0 Å². The van der Waals surface area contributed by atoms with Crippen LogP contribution < -0.4 is 10.6 Å². The molecule has 92 valence electrons. The highest BCUT2D eigenvalue weighted by Crippen LogP contribution is 2.22. The molecule has 0 saturated carbocycles. The fourth-order valence-corrected chi connectivity index (χ4v) is 2.34. The number of aryl methyl sites for hydroxylation is 1. The molecule has 17 heavy (non-hydrogen) atoms. The molecule has 2 N–H and O–H groups in total. The van der Waals surface area contributed by atoms with Gasteiger partial charge in [0.05, 0.1) is 0 Å². The first-order valence-electron chi connectivity index (χ1n) is 5.97. The molecule has 0 aliphatic carbocycles. The topological polar surface area (TPSA) is 41.1 Å². The predicted molar refractivity (Wildman–Crippen MR) is 73.2 cm³/mol. The molecule has 0 aromatic heterocycles. The Morgan fingerprint density at radius 1 is 1.41 bits per heavy atom. The molecule has 1 amide bonds. The zero-order valence-electron chi connectivity index (χ0n) is 9.92. The van der Waals surface area contributed by atoms with Gasteiger partial charge in [0.15, 0.2) is 0 Å². The number of hydrogen-bond donors (Lipinski definition) is 2. The van der Waals surface area contributed by atoms with Crippen LogP contribution in [0.4, 0.5) is 5.69 Å². The number of benzene rings is 1. The van der Waals surface area contributed by atoms with Crippen LogP contribution in [-0.2, 0) is 4.79 Å². The number of hydrogen-bond acceptors (Lipinski definition) is 2. The molecule has 1 saturated heterocycles. The van der Waals surface area contributed by atoms with Crippen molar-refractivity contribution >= 4 is 27.5 Å². The van der Waals surface area contributed by atoms with Crippen molar-refractivity contribution in [2.45, 2.75) is 32.2 Å². The predicted octanol–water partition coefficient (Wildman–Crippen LogP) is 2.84. The highest BCUT2D eigenvalue weighted by Gasteiger charge is 2.20. The minimum Gasteiger partial charge on any atom is -0.374 e. The summed E-state index contributed by atoms with van der Waals surface area (Å²) in [5.74, 6) is 0.110. The second-order valence-electron chi connectivity index (χ2n) is 4.45. The van der Waals surface area contributed by atoms with Crippen LogP contribution in [0.1, 0.15) is 24.8 Å². The third-order valence-electron chi connectivity index (χ3n) is 3.05. The minimum absolute atomic E-state index is 0.105. The Bertz CT molecular complexity index is 420. The van der Waals surface area contributed by atoms with E-state index in [0.717, 1.165) is 36.0 Å². The Balaban J connectivity index is 2.08. The van der Waals surface area contributed by atoms with Crippen LogP contribution in [0.25, 0.3) is 0 Å². The second kappa shape index (κ2) is 5.54. The molecular formula is C13H17BrN2O. The summed E-state index contributed by atoms with van der Waals surface area (Å²) in [7, 11) is 0. The highest BCUT2D eigenvalue weighted by molar-refractivity contribution is 9.10. The maximum absolute atomic E-state index is 11.8.